The van der Waals surface area contributed by atoms with E-state index in [0.29, 0.717) is 28.5 Å². The summed E-state index contributed by atoms with van der Waals surface area (Å²) in [4.78, 5) is 15.9. The smallest absolute Gasteiger partial charge is 0.198 e. The van der Waals surface area contributed by atoms with E-state index in [2.05, 4.69) is 4.98 Å². The van der Waals surface area contributed by atoms with Crippen molar-refractivity contribution in [2.45, 2.75) is 6.92 Å². The van der Waals surface area contributed by atoms with Crippen molar-refractivity contribution >= 4 is 28.3 Å². The first-order valence-electron chi connectivity index (χ1n) is 6.74. The highest BCUT2D eigenvalue weighted by Gasteiger charge is 2.19. The third-order valence-electron chi connectivity index (χ3n) is 3.33. The van der Waals surface area contributed by atoms with E-state index < -0.39 is 0 Å². The lowest BCUT2D eigenvalue weighted by molar-refractivity contribution is 0.103. The van der Waals surface area contributed by atoms with Crippen molar-refractivity contribution < 1.29 is 9.53 Å². The molecule has 0 aliphatic heterocycles. The summed E-state index contributed by atoms with van der Waals surface area (Å²) in [6.07, 6.45) is 1.70. The molecule has 0 saturated carbocycles. The zero-order valence-electron chi connectivity index (χ0n) is 11.5. The van der Waals surface area contributed by atoms with Crippen LogP contribution in [0.5, 0.6) is 5.75 Å². The number of ketones is 1. The number of fused-ring (bicyclic) bond motifs is 1. The summed E-state index contributed by atoms with van der Waals surface area (Å²) in [5.74, 6) is 0.491. The van der Waals surface area contributed by atoms with Gasteiger partial charge in [0.2, 0.25) is 0 Å². The van der Waals surface area contributed by atoms with Crippen LogP contribution in [-0.4, -0.2) is 17.4 Å². The Balaban J connectivity index is 2.13. The van der Waals surface area contributed by atoms with Crippen LogP contribution >= 0.6 is 11.6 Å². The largest absolute Gasteiger partial charge is 0.493 e. The average Bonchev–Trinajstić information content (AvgIpc) is 2.93. The number of H-pyrrole nitrogens is 1. The second-order valence-electron chi connectivity index (χ2n) is 4.62. The first kappa shape index (κ1) is 13.7. The minimum atomic E-state index is -0.0987. The molecule has 3 nitrogen and oxygen atoms in total. The van der Waals surface area contributed by atoms with Gasteiger partial charge in [-0.15, -0.1) is 0 Å². The number of hydrogen-bond donors (Lipinski definition) is 1. The van der Waals surface area contributed by atoms with Gasteiger partial charge in [-0.2, -0.15) is 0 Å². The van der Waals surface area contributed by atoms with E-state index in [0.717, 1.165) is 10.9 Å². The molecule has 1 heterocycles. The van der Waals surface area contributed by atoms with Gasteiger partial charge in [-0.25, -0.2) is 0 Å². The van der Waals surface area contributed by atoms with Gasteiger partial charge in [0, 0.05) is 22.7 Å². The van der Waals surface area contributed by atoms with Crippen LogP contribution in [0.4, 0.5) is 0 Å². The first-order valence-corrected chi connectivity index (χ1v) is 7.12. The van der Waals surface area contributed by atoms with E-state index in [1.54, 1.807) is 24.4 Å². The molecular weight excluding hydrogens is 286 g/mol. The highest BCUT2D eigenvalue weighted by Crippen LogP contribution is 2.30. The monoisotopic (exact) mass is 299 g/mol. The Morgan fingerprint density at radius 1 is 1.14 bits per heavy atom. The van der Waals surface area contributed by atoms with Crippen LogP contribution in [0.1, 0.15) is 22.8 Å². The Kier molecular flexibility index (Phi) is 3.67. The van der Waals surface area contributed by atoms with Crippen LogP contribution in [-0.2, 0) is 0 Å². The molecule has 1 N–H and O–H groups in total. The van der Waals surface area contributed by atoms with E-state index in [4.69, 9.17) is 16.3 Å². The number of hydrogen-bond acceptors (Lipinski definition) is 2. The summed E-state index contributed by atoms with van der Waals surface area (Å²) in [7, 11) is 0. The predicted molar refractivity (Wildman–Crippen MR) is 84.4 cm³/mol. The maximum absolute atomic E-state index is 12.8. The Morgan fingerprint density at radius 2 is 1.95 bits per heavy atom. The summed E-state index contributed by atoms with van der Waals surface area (Å²) in [5.41, 5.74) is 1.95. The second-order valence-corrected chi connectivity index (χ2v) is 5.03. The van der Waals surface area contributed by atoms with Crippen LogP contribution in [0.3, 0.4) is 0 Å². The number of ether oxygens (including phenoxy) is 1. The molecule has 106 valence electrons. The number of rotatable bonds is 4. The number of carbonyl (C=O) groups excluding carboxylic acids is 1. The molecule has 3 rings (SSSR count). The number of nitrogens with one attached hydrogen (secondary N) is 1. The predicted octanol–water partition coefficient (Wildman–Crippen LogP) is 4.45. The van der Waals surface area contributed by atoms with E-state index in [1.807, 2.05) is 31.2 Å². The fourth-order valence-corrected chi connectivity index (χ4v) is 2.68. The van der Waals surface area contributed by atoms with Gasteiger partial charge in [-0.05, 0) is 31.2 Å². The molecule has 0 saturated heterocycles. The quantitative estimate of drug-likeness (QED) is 0.723. The van der Waals surface area contributed by atoms with Gasteiger partial charge in [0.15, 0.2) is 5.78 Å². The normalized spacial score (nSPS) is 10.8. The molecule has 0 fully saturated rings. The van der Waals surface area contributed by atoms with Crippen molar-refractivity contribution in [1.82, 2.24) is 4.98 Å². The van der Waals surface area contributed by atoms with E-state index in [1.165, 1.54) is 0 Å². The molecule has 0 bridgehead atoms. The Bertz CT molecular complexity index is 807. The van der Waals surface area contributed by atoms with Crippen LogP contribution in [0.15, 0.2) is 48.7 Å². The minimum Gasteiger partial charge on any atom is -0.493 e. The highest BCUT2D eigenvalue weighted by atomic mass is 35.5. The van der Waals surface area contributed by atoms with Gasteiger partial charge in [0.25, 0.3) is 0 Å². The summed E-state index contributed by atoms with van der Waals surface area (Å²) in [6, 6.07) is 12.8. The number of carbonyl (C=O) groups is 1. The standard InChI is InChI=1S/C17H14ClNO2/c1-2-21-15-9-4-3-6-11(15)17(20)12-10-19-14-8-5-7-13(18)16(12)14/h3-10,19H,2H2,1H3. The molecule has 2 aromatic carbocycles. The Morgan fingerprint density at radius 3 is 2.76 bits per heavy atom. The SMILES string of the molecule is CCOc1ccccc1C(=O)c1c[nH]c2cccc(Cl)c12. The summed E-state index contributed by atoms with van der Waals surface area (Å²) in [6.45, 7) is 2.41. The van der Waals surface area contributed by atoms with Crippen LogP contribution in [0.25, 0.3) is 10.9 Å². The van der Waals surface area contributed by atoms with E-state index in [9.17, 15) is 4.79 Å². The summed E-state index contributed by atoms with van der Waals surface area (Å²) >= 11 is 6.23. The lowest BCUT2D eigenvalue weighted by atomic mass is 10.0. The third-order valence-corrected chi connectivity index (χ3v) is 3.65. The molecule has 21 heavy (non-hydrogen) atoms. The van der Waals surface area contributed by atoms with Gasteiger partial charge >= 0.3 is 0 Å². The fraction of sp³-hybridized carbons (Fsp3) is 0.118. The molecule has 3 aromatic rings. The summed E-state index contributed by atoms with van der Waals surface area (Å²) < 4.78 is 5.53. The van der Waals surface area contributed by atoms with Gasteiger partial charge < -0.3 is 9.72 Å². The van der Waals surface area contributed by atoms with Gasteiger partial charge in [0.1, 0.15) is 5.75 Å². The average molecular weight is 300 g/mol. The zero-order valence-corrected chi connectivity index (χ0v) is 12.3. The molecule has 0 aliphatic carbocycles. The van der Waals surface area contributed by atoms with Crippen LogP contribution < -0.4 is 4.74 Å². The van der Waals surface area contributed by atoms with Gasteiger partial charge in [-0.3, -0.25) is 4.79 Å². The molecule has 1 aromatic heterocycles. The van der Waals surface area contributed by atoms with Crippen molar-refractivity contribution in [2.75, 3.05) is 6.61 Å². The van der Waals surface area contributed by atoms with Crippen LogP contribution in [0.2, 0.25) is 5.02 Å². The van der Waals surface area contributed by atoms with E-state index >= 15 is 0 Å². The topological polar surface area (TPSA) is 42.1 Å². The molecule has 0 radical (unpaired) electrons. The number of aromatic amines is 1. The van der Waals surface area contributed by atoms with E-state index in [-0.39, 0.29) is 5.78 Å². The third kappa shape index (κ3) is 2.41. The van der Waals surface area contributed by atoms with Gasteiger partial charge in [0.05, 0.1) is 17.2 Å². The van der Waals surface area contributed by atoms with Crippen LogP contribution in [0, 0.1) is 0 Å². The molecule has 0 amide bonds. The minimum absolute atomic E-state index is 0.0987. The number of benzene rings is 2. The first-order chi connectivity index (χ1) is 10.2. The van der Waals surface area contributed by atoms with Crippen molar-refractivity contribution in [1.29, 1.82) is 0 Å². The van der Waals surface area contributed by atoms with Crippen molar-refractivity contribution in [3.8, 4) is 5.75 Å². The summed E-state index contributed by atoms with van der Waals surface area (Å²) in [5, 5.41) is 1.31. The maximum atomic E-state index is 12.8. The van der Waals surface area contributed by atoms with Crippen molar-refractivity contribution in [3.63, 3.8) is 0 Å². The lowest BCUT2D eigenvalue weighted by Crippen LogP contribution is -2.04. The molecule has 4 heteroatoms. The lowest BCUT2D eigenvalue weighted by Gasteiger charge is -2.08. The second kappa shape index (κ2) is 5.62. The Labute approximate surface area is 127 Å². The highest BCUT2D eigenvalue weighted by molar-refractivity contribution is 6.37. The number of aromatic nitrogens is 1. The molecule has 0 unspecified atom stereocenters. The number of halogens is 1. The molecule has 0 aliphatic rings. The van der Waals surface area contributed by atoms with Crippen molar-refractivity contribution in [3.05, 3.63) is 64.8 Å². The molecule has 0 spiro atoms. The van der Waals surface area contributed by atoms with Gasteiger partial charge in [-0.1, -0.05) is 29.8 Å². The molecular formula is C17H14ClNO2. The number of para-hydroxylation sites is 1. The molecule has 0 atom stereocenters. The maximum Gasteiger partial charge on any atom is 0.198 e. The van der Waals surface area contributed by atoms with Crippen molar-refractivity contribution in [2.24, 2.45) is 0 Å². The zero-order chi connectivity index (χ0) is 14.8. The Hall–Kier alpha value is -2.26. The fourth-order valence-electron chi connectivity index (χ4n) is 2.40.